The molecule has 1 aromatic rings. The molecule has 1 aromatic carbocycles. The van der Waals surface area contributed by atoms with Crippen LogP contribution in [0.4, 0.5) is 0 Å². The van der Waals surface area contributed by atoms with E-state index in [1.807, 2.05) is 13.8 Å². The Labute approximate surface area is 153 Å². The number of carbonyl (C=O) groups is 1. The lowest BCUT2D eigenvalue weighted by molar-refractivity contribution is -0.126. The van der Waals surface area contributed by atoms with Crippen molar-refractivity contribution in [3.05, 3.63) is 28.2 Å². The van der Waals surface area contributed by atoms with Gasteiger partial charge in [-0.2, -0.15) is 4.31 Å². The van der Waals surface area contributed by atoms with Crippen molar-refractivity contribution in [2.75, 3.05) is 19.6 Å². The summed E-state index contributed by atoms with van der Waals surface area (Å²) in [5.74, 6) is 0.227. The first kappa shape index (κ1) is 19.5. The summed E-state index contributed by atoms with van der Waals surface area (Å²) >= 11 is 12.1. The van der Waals surface area contributed by atoms with Crippen LogP contribution in [0.1, 0.15) is 26.7 Å². The van der Waals surface area contributed by atoms with Crippen LogP contribution in [0.3, 0.4) is 0 Å². The highest BCUT2D eigenvalue weighted by atomic mass is 35.5. The Morgan fingerprint density at radius 2 is 1.79 bits per heavy atom. The fraction of sp³-hybridized carbons (Fsp3) is 0.562. The maximum absolute atomic E-state index is 12.8. The van der Waals surface area contributed by atoms with E-state index in [2.05, 4.69) is 5.32 Å². The number of benzene rings is 1. The van der Waals surface area contributed by atoms with Crippen LogP contribution in [-0.2, 0) is 14.8 Å². The number of sulfonamides is 1. The van der Waals surface area contributed by atoms with Gasteiger partial charge in [0, 0.05) is 25.6 Å². The Morgan fingerprint density at radius 1 is 1.25 bits per heavy atom. The van der Waals surface area contributed by atoms with Gasteiger partial charge in [-0.15, -0.1) is 0 Å². The number of carbonyl (C=O) groups excluding carboxylic acids is 1. The maximum atomic E-state index is 12.8. The van der Waals surface area contributed by atoms with Crippen molar-refractivity contribution in [1.29, 1.82) is 0 Å². The molecule has 5 nitrogen and oxygen atoms in total. The lowest BCUT2D eigenvalue weighted by atomic mass is 9.97. The van der Waals surface area contributed by atoms with Crippen LogP contribution in [0.25, 0.3) is 0 Å². The Balaban J connectivity index is 2.05. The predicted octanol–water partition coefficient (Wildman–Crippen LogP) is 3.17. The summed E-state index contributed by atoms with van der Waals surface area (Å²) in [7, 11) is -3.76. The highest BCUT2D eigenvalue weighted by molar-refractivity contribution is 7.89. The number of nitrogens with zero attached hydrogens (tertiary/aromatic N) is 1. The standard InChI is InChI=1S/C16H22Cl2N2O3S/c1-11(2)10-19-16(21)12-6-8-20(9-7-12)24(22,23)15-13(17)4-3-5-14(15)18/h3-5,11-12H,6-10H2,1-2H3,(H,19,21). The number of amides is 1. The first-order valence-corrected chi connectivity index (χ1v) is 10.1. The molecule has 8 heteroatoms. The van der Waals surface area contributed by atoms with E-state index in [9.17, 15) is 13.2 Å². The van der Waals surface area contributed by atoms with Crippen molar-refractivity contribution in [2.24, 2.45) is 11.8 Å². The fourth-order valence-corrected chi connectivity index (χ4v) is 5.23. The zero-order valence-corrected chi connectivity index (χ0v) is 16.1. The van der Waals surface area contributed by atoms with E-state index in [0.717, 1.165) is 0 Å². The molecule has 1 saturated heterocycles. The lowest BCUT2D eigenvalue weighted by Gasteiger charge is -2.31. The Kier molecular flexibility index (Phi) is 6.53. The summed E-state index contributed by atoms with van der Waals surface area (Å²) in [5, 5.41) is 3.13. The van der Waals surface area contributed by atoms with Crippen molar-refractivity contribution in [3.63, 3.8) is 0 Å². The van der Waals surface area contributed by atoms with Crippen molar-refractivity contribution in [3.8, 4) is 0 Å². The zero-order chi connectivity index (χ0) is 17.9. The van der Waals surface area contributed by atoms with Crippen molar-refractivity contribution in [1.82, 2.24) is 9.62 Å². The molecule has 0 saturated carbocycles. The van der Waals surface area contributed by atoms with Crippen LogP contribution in [-0.4, -0.2) is 38.3 Å². The van der Waals surface area contributed by atoms with Gasteiger partial charge in [0.05, 0.1) is 10.0 Å². The van der Waals surface area contributed by atoms with Crippen molar-refractivity contribution < 1.29 is 13.2 Å². The third-order valence-corrected chi connectivity index (χ3v) is 6.88. The number of nitrogens with one attached hydrogen (secondary N) is 1. The normalized spacial score (nSPS) is 17.2. The van der Waals surface area contributed by atoms with Gasteiger partial charge in [-0.1, -0.05) is 43.1 Å². The minimum absolute atomic E-state index is 0.00322. The fourth-order valence-electron chi connectivity index (χ4n) is 2.67. The molecule has 0 aliphatic carbocycles. The molecule has 0 aromatic heterocycles. The molecule has 134 valence electrons. The lowest BCUT2D eigenvalue weighted by Crippen LogP contribution is -2.43. The SMILES string of the molecule is CC(C)CNC(=O)C1CCN(S(=O)(=O)c2c(Cl)cccc2Cl)CC1. The molecule has 1 fully saturated rings. The quantitative estimate of drug-likeness (QED) is 0.836. The summed E-state index contributed by atoms with van der Waals surface area (Å²) in [6.07, 6.45) is 0.983. The van der Waals surface area contributed by atoms with Crippen LogP contribution >= 0.6 is 23.2 Å². The molecule has 1 heterocycles. The third kappa shape index (κ3) is 4.42. The highest BCUT2D eigenvalue weighted by Crippen LogP contribution is 2.33. The maximum Gasteiger partial charge on any atom is 0.246 e. The van der Waals surface area contributed by atoms with Crippen molar-refractivity contribution in [2.45, 2.75) is 31.6 Å². The molecule has 24 heavy (non-hydrogen) atoms. The Bertz CT molecular complexity index is 679. The molecule has 1 aliphatic rings. The minimum atomic E-state index is -3.76. The second kappa shape index (κ2) is 8.04. The molecule has 1 N–H and O–H groups in total. The van der Waals surface area contributed by atoms with E-state index in [4.69, 9.17) is 23.2 Å². The van der Waals surface area contributed by atoms with Gasteiger partial charge in [0.1, 0.15) is 4.90 Å². The van der Waals surface area contributed by atoms with Crippen LogP contribution in [0.5, 0.6) is 0 Å². The first-order chi connectivity index (χ1) is 11.2. The number of hydrogen-bond acceptors (Lipinski definition) is 3. The van der Waals surface area contributed by atoms with Crippen LogP contribution in [0.2, 0.25) is 10.0 Å². The monoisotopic (exact) mass is 392 g/mol. The van der Waals surface area contributed by atoms with E-state index in [0.29, 0.717) is 25.3 Å². The second-order valence-corrected chi connectivity index (χ2v) is 9.06. The highest BCUT2D eigenvalue weighted by Gasteiger charge is 2.34. The van der Waals surface area contributed by atoms with Gasteiger partial charge in [0.15, 0.2) is 0 Å². The zero-order valence-electron chi connectivity index (χ0n) is 13.8. The van der Waals surface area contributed by atoms with Gasteiger partial charge in [-0.05, 0) is 30.9 Å². The van der Waals surface area contributed by atoms with E-state index in [-0.39, 0.29) is 39.9 Å². The van der Waals surface area contributed by atoms with Crippen LogP contribution in [0, 0.1) is 11.8 Å². The van der Waals surface area contributed by atoms with Crippen LogP contribution < -0.4 is 5.32 Å². The summed E-state index contributed by atoms with van der Waals surface area (Å²) < 4.78 is 26.9. The summed E-state index contributed by atoms with van der Waals surface area (Å²) in [6.45, 7) is 5.26. The smallest absolute Gasteiger partial charge is 0.246 e. The molecule has 0 atom stereocenters. The molecular weight excluding hydrogens is 371 g/mol. The van der Waals surface area contributed by atoms with Gasteiger partial charge in [-0.3, -0.25) is 4.79 Å². The van der Waals surface area contributed by atoms with Gasteiger partial charge in [0.25, 0.3) is 0 Å². The molecule has 1 amide bonds. The molecule has 0 bridgehead atoms. The predicted molar refractivity (Wildman–Crippen MR) is 95.8 cm³/mol. The Hall–Kier alpha value is -0.820. The third-order valence-electron chi connectivity index (χ3n) is 4.03. The number of rotatable bonds is 5. The summed E-state index contributed by atoms with van der Waals surface area (Å²) in [4.78, 5) is 12.1. The van der Waals surface area contributed by atoms with E-state index in [1.165, 1.54) is 16.4 Å². The van der Waals surface area contributed by atoms with Crippen molar-refractivity contribution >= 4 is 39.1 Å². The van der Waals surface area contributed by atoms with Gasteiger partial charge in [0.2, 0.25) is 15.9 Å². The van der Waals surface area contributed by atoms with E-state index in [1.54, 1.807) is 6.07 Å². The summed E-state index contributed by atoms with van der Waals surface area (Å²) in [6, 6.07) is 4.62. The molecule has 2 rings (SSSR count). The van der Waals surface area contributed by atoms with Gasteiger partial charge < -0.3 is 5.32 Å². The van der Waals surface area contributed by atoms with Gasteiger partial charge >= 0.3 is 0 Å². The van der Waals surface area contributed by atoms with Gasteiger partial charge in [-0.25, -0.2) is 8.42 Å². The molecule has 1 aliphatic heterocycles. The number of piperidine rings is 1. The average Bonchev–Trinajstić information content (AvgIpc) is 2.52. The Morgan fingerprint density at radius 3 is 2.29 bits per heavy atom. The molecule has 0 unspecified atom stereocenters. The number of hydrogen-bond donors (Lipinski definition) is 1. The number of halogens is 2. The van der Waals surface area contributed by atoms with E-state index >= 15 is 0 Å². The molecule has 0 spiro atoms. The second-order valence-electron chi connectivity index (χ2n) is 6.37. The largest absolute Gasteiger partial charge is 0.356 e. The van der Waals surface area contributed by atoms with E-state index < -0.39 is 10.0 Å². The summed E-state index contributed by atoms with van der Waals surface area (Å²) in [5.41, 5.74) is 0. The molecule has 0 radical (unpaired) electrons. The molecular formula is C16H22Cl2N2O3S. The average molecular weight is 393 g/mol. The topological polar surface area (TPSA) is 66.5 Å². The minimum Gasteiger partial charge on any atom is -0.356 e. The first-order valence-electron chi connectivity index (χ1n) is 7.95. The van der Waals surface area contributed by atoms with Crippen LogP contribution in [0.15, 0.2) is 23.1 Å².